The second-order valence-corrected chi connectivity index (χ2v) is 6.52. The van der Waals surface area contributed by atoms with Gasteiger partial charge in [0.1, 0.15) is 0 Å². The molecule has 0 fully saturated rings. The van der Waals surface area contributed by atoms with Gasteiger partial charge in [-0.25, -0.2) is 4.79 Å². The van der Waals surface area contributed by atoms with E-state index in [1.54, 1.807) is 12.1 Å². The van der Waals surface area contributed by atoms with E-state index >= 15 is 0 Å². The fourth-order valence-electron chi connectivity index (χ4n) is 2.99. The summed E-state index contributed by atoms with van der Waals surface area (Å²) in [6.07, 6.45) is -3.29. The van der Waals surface area contributed by atoms with Crippen LogP contribution in [0, 0.1) is 0 Å². The third-order valence-corrected chi connectivity index (χ3v) is 4.57. The normalized spacial score (nSPS) is 16.7. The van der Waals surface area contributed by atoms with Gasteiger partial charge in [-0.3, -0.25) is 0 Å². The van der Waals surface area contributed by atoms with Crippen LogP contribution >= 0.6 is 11.6 Å². The first-order valence-electron chi connectivity index (χ1n) is 7.97. The molecule has 138 valence electrons. The first-order chi connectivity index (χ1) is 12.2. The molecule has 1 unspecified atom stereocenters. The third-order valence-electron chi connectivity index (χ3n) is 4.24. The Labute approximate surface area is 153 Å². The number of anilines is 2. The average molecular weight is 385 g/mol. The van der Waals surface area contributed by atoms with Gasteiger partial charge in [-0.15, -0.1) is 0 Å². The van der Waals surface area contributed by atoms with Gasteiger partial charge in [0.05, 0.1) is 16.7 Å². The van der Waals surface area contributed by atoms with Crippen LogP contribution in [0.25, 0.3) is 0 Å². The maximum absolute atomic E-state index is 12.9. The lowest BCUT2D eigenvalue weighted by atomic mass is 9.88. The van der Waals surface area contributed by atoms with Crippen molar-refractivity contribution in [2.75, 3.05) is 10.6 Å². The highest BCUT2D eigenvalue weighted by Gasteiger charge is 2.33. The minimum absolute atomic E-state index is 0.0240. The van der Waals surface area contributed by atoms with E-state index in [1.165, 1.54) is 6.07 Å². The molecule has 4 nitrogen and oxygen atoms in total. The summed E-state index contributed by atoms with van der Waals surface area (Å²) in [6.45, 7) is 0. The van der Waals surface area contributed by atoms with Crippen LogP contribution in [0.4, 0.5) is 29.3 Å². The number of aliphatic hydroxyl groups is 1. The minimum atomic E-state index is -4.61. The van der Waals surface area contributed by atoms with Gasteiger partial charge >= 0.3 is 12.2 Å². The van der Waals surface area contributed by atoms with Gasteiger partial charge in [-0.1, -0.05) is 23.7 Å². The number of halogens is 4. The van der Waals surface area contributed by atoms with E-state index in [4.69, 9.17) is 11.6 Å². The topological polar surface area (TPSA) is 61.4 Å². The van der Waals surface area contributed by atoms with Crippen LogP contribution in [-0.4, -0.2) is 17.2 Å². The predicted molar refractivity (Wildman–Crippen MR) is 93.6 cm³/mol. The summed E-state index contributed by atoms with van der Waals surface area (Å²) < 4.78 is 38.7. The molecule has 1 atom stereocenters. The Morgan fingerprint density at radius 2 is 1.96 bits per heavy atom. The Morgan fingerprint density at radius 3 is 2.69 bits per heavy atom. The second kappa shape index (κ2) is 7.17. The number of hydrogen-bond donors (Lipinski definition) is 3. The number of carbonyl (C=O) groups excluding carboxylic acids is 1. The number of aliphatic hydroxyl groups excluding tert-OH is 1. The fraction of sp³-hybridized carbons (Fsp3) is 0.278. The molecule has 0 radical (unpaired) electrons. The molecule has 0 spiro atoms. The van der Waals surface area contributed by atoms with Crippen molar-refractivity contribution in [1.82, 2.24) is 0 Å². The molecule has 3 rings (SSSR count). The average Bonchev–Trinajstić information content (AvgIpc) is 2.56. The zero-order valence-electron chi connectivity index (χ0n) is 13.5. The van der Waals surface area contributed by atoms with Crippen LogP contribution in [0.5, 0.6) is 0 Å². The minimum Gasteiger partial charge on any atom is -0.393 e. The van der Waals surface area contributed by atoms with Gasteiger partial charge in [-0.2, -0.15) is 13.2 Å². The Kier molecular flexibility index (Phi) is 5.11. The first kappa shape index (κ1) is 18.5. The van der Waals surface area contributed by atoms with Gasteiger partial charge in [0.2, 0.25) is 0 Å². The van der Waals surface area contributed by atoms with E-state index in [0.29, 0.717) is 24.9 Å². The number of nitrogens with one attached hydrogen (secondary N) is 2. The van der Waals surface area contributed by atoms with Crippen molar-refractivity contribution in [3.63, 3.8) is 0 Å². The molecule has 0 aliphatic heterocycles. The van der Waals surface area contributed by atoms with E-state index in [1.807, 2.05) is 6.07 Å². The SMILES string of the molecule is O=C(Nc1ccc(Cl)c(C(F)(F)F)c1)Nc1cccc2c1CC(O)CC2. The summed E-state index contributed by atoms with van der Waals surface area (Å²) in [5.74, 6) is 0. The number of aryl methyl sites for hydroxylation is 1. The van der Waals surface area contributed by atoms with Crippen molar-refractivity contribution in [3.05, 3.63) is 58.1 Å². The molecule has 0 saturated heterocycles. The zero-order chi connectivity index (χ0) is 18.9. The maximum atomic E-state index is 12.9. The van der Waals surface area contributed by atoms with Crippen LogP contribution in [0.2, 0.25) is 5.02 Å². The Morgan fingerprint density at radius 1 is 1.19 bits per heavy atom. The van der Waals surface area contributed by atoms with Gasteiger partial charge in [0.25, 0.3) is 0 Å². The molecule has 0 saturated carbocycles. The summed E-state index contributed by atoms with van der Waals surface area (Å²) in [7, 11) is 0. The first-order valence-corrected chi connectivity index (χ1v) is 8.35. The third kappa shape index (κ3) is 4.11. The summed E-state index contributed by atoms with van der Waals surface area (Å²) in [6, 6.07) is 7.90. The number of rotatable bonds is 2. The monoisotopic (exact) mass is 384 g/mol. The summed E-state index contributed by atoms with van der Waals surface area (Å²) in [4.78, 5) is 12.2. The number of benzene rings is 2. The molecular formula is C18H16ClF3N2O2. The number of alkyl halides is 3. The molecule has 3 N–H and O–H groups in total. The van der Waals surface area contributed by atoms with Crippen molar-refractivity contribution in [1.29, 1.82) is 0 Å². The molecule has 8 heteroatoms. The molecule has 0 aromatic heterocycles. The van der Waals surface area contributed by atoms with Crippen molar-refractivity contribution >= 4 is 29.0 Å². The lowest BCUT2D eigenvalue weighted by Crippen LogP contribution is -2.24. The zero-order valence-corrected chi connectivity index (χ0v) is 14.3. The van der Waals surface area contributed by atoms with Crippen molar-refractivity contribution in [2.45, 2.75) is 31.5 Å². The molecule has 2 aromatic rings. The Balaban J connectivity index is 1.77. The summed E-state index contributed by atoms with van der Waals surface area (Å²) in [5.41, 5.74) is 1.37. The van der Waals surface area contributed by atoms with E-state index in [9.17, 15) is 23.1 Å². The Bertz CT molecular complexity index is 840. The van der Waals surface area contributed by atoms with Crippen molar-refractivity contribution < 1.29 is 23.1 Å². The highest BCUT2D eigenvalue weighted by molar-refractivity contribution is 6.31. The van der Waals surface area contributed by atoms with Gasteiger partial charge in [-0.05, 0) is 48.2 Å². The summed E-state index contributed by atoms with van der Waals surface area (Å²) >= 11 is 5.57. The second-order valence-electron chi connectivity index (χ2n) is 6.11. The lowest BCUT2D eigenvalue weighted by molar-refractivity contribution is -0.137. The van der Waals surface area contributed by atoms with Crippen molar-refractivity contribution in [2.24, 2.45) is 0 Å². The molecule has 0 heterocycles. The highest BCUT2D eigenvalue weighted by atomic mass is 35.5. The summed E-state index contributed by atoms with van der Waals surface area (Å²) in [5, 5.41) is 14.4. The number of carbonyl (C=O) groups is 1. The van der Waals surface area contributed by atoms with Crippen molar-refractivity contribution in [3.8, 4) is 0 Å². The van der Waals surface area contributed by atoms with Crippen LogP contribution < -0.4 is 10.6 Å². The molecule has 2 amide bonds. The number of fused-ring (bicyclic) bond motifs is 1. The van der Waals surface area contributed by atoms with Crippen LogP contribution in [0.15, 0.2) is 36.4 Å². The van der Waals surface area contributed by atoms with Gasteiger partial charge in [0, 0.05) is 17.8 Å². The largest absolute Gasteiger partial charge is 0.417 e. The molecule has 1 aliphatic carbocycles. The van der Waals surface area contributed by atoms with E-state index in [-0.39, 0.29) is 5.69 Å². The van der Waals surface area contributed by atoms with E-state index < -0.39 is 28.9 Å². The van der Waals surface area contributed by atoms with E-state index in [0.717, 1.165) is 23.3 Å². The van der Waals surface area contributed by atoms with Gasteiger partial charge < -0.3 is 15.7 Å². The highest BCUT2D eigenvalue weighted by Crippen LogP contribution is 2.36. The van der Waals surface area contributed by atoms with Crippen LogP contribution in [0.3, 0.4) is 0 Å². The fourth-order valence-corrected chi connectivity index (χ4v) is 3.22. The van der Waals surface area contributed by atoms with E-state index in [2.05, 4.69) is 10.6 Å². The molecular weight excluding hydrogens is 369 g/mol. The standard InChI is InChI=1S/C18H16ClF3N2O2/c19-15-7-5-11(8-14(15)18(20,21)22)23-17(26)24-16-3-1-2-10-4-6-12(25)9-13(10)16/h1-3,5,7-8,12,25H,4,6,9H2,(H2,23,24,26). The molecule has 26 heavy (non-hydrogen) atoms. The maximum Gasteiger partial charge on any atom is 0.417 e. The number of amides is 2. The quantitative estimate of drug-likeness (QED) is 0.693. The van der Waals surface area contributed by atoms with Crippen LogP contribution in [0.1, 0.15) is 23.1 Å². The molecule has 2 aromatic carbocycles. The predicted octanol–water partition coefficient (Wildman–Crippen LogP) is 4.85. The number of urea groups is 1. The van der Waals surface area contributed by atoms with Crippen LogP contribution in [-0.2, 0) is 19.0 Å². The lowest BCUT2D eigenvalue weighted by Gasteiger charge is -2.23. The molecule has 1 aliphatic rings. The van der Waals surface area contributed by atoms with Gasteiger partial charge in [0.15, 0.2) is 0 Å². The molecule has 0 bridgehead atoms. The Hall–Kier alpha value is -2.25. The smallest absolute Gasteiger partial charge is 0.393 e. The number of hydrogen-bond acceptors (Lipinski definition) is 2.